The Kier molecular flexibility index (Phi) is 6.96. The molecule has 0 aromatic carbocycles. The first kappa shape index (κ1) is 12.3. The molecule has 0 unspecified atom stereocenters. The summed E-state index contributed by atoms with van der Waals surface area (Å²) in [7, 11) is 0. The van der Waals surface area contributed by atoms with Crippen molar-refractivity contribution in [2.75, 3.05) is 0 Å². The van der Waals surface area contributed by atoms with Gasteiger partial charge in [0, 0.05) is 0 Å². The summed E-state index contributed by atoms with van der Waals surface area (Å²) in [6, 6.07) is 0. The Morgan fingerprint density at radius 3 is 2.17 bits per heavy atom. The standard InChI is InChI=1S/C10H22OS/c1-4-5-6-7-8-9-10(2,3)11-12/h12H,4-9H2,1-3H3. The zero-order chi connectivity index (χ0) is 9.45. The third kappa shape index (κ3) is 6.99. The van der Waals surface area contributed by atoms with Gasteiger partial charge >= 0.3 is 0 Å². The van der Waals surface area contributed by atoms with Crippen LogP contribution in [0, 0.1) is 0 Å². The van der Waals surface area contributed by atoms with Crippen LogP contribution in [0.2, 0.25) is 0 Å². The van der Waals surface area contributed by atoms with E-state index in [-0.39, 0.29) is 5.60 Å². The maximum Gasteiger partial charge on any atom is 0.0769 e. The second-order valence-corrected chi connectivity index (χ2v) is 4.20. The Labute approximate surface area is 82.5 Å². The zero-order valence-corrected chi connectivity index (χ0v) is 9.49. The monoisotopic (exact) mass is 190 g/mol. The molecule has 0 aliphatic heterocycles. The van der Waals surface area contributed by atoms with Crippen LogP contribution in [0.1, 0.15) is 59.3 Å². The number of unbranched alkanes of at least 4 members (excludes halogenated alkanes) is 4. The molecule has 0 fully saturated rings. The lowest BCUT2D eigenvalue weighted by Crippen LogP contribution is -2.19. The molecule has 0 amide bonds. The molecule has 0 spiro atoms. The van der Waals surface area contributed by atoms with Crippen molar-refractivity contribution >= 4 is 12.9 Å². The fourth-order valence-corrected chi connectivity index (χ4v) is 1.29. The van der Waals surface area contributed by atoms with Crippen LogP contribution in [0.3, 0.4) is 0 Å². The van der Waals surface area contributed by atoms with E-state index in [4.69, 9.17) is 4.18 Å². The van der Waals surface area contributed by atoms with E-state index >= 15 is 0 Å². The molecule has 0 aliphatic carbocycles. The predicted octanol–water partition coefficient (Wildman–Crippen LogP) is 3.99. The third-order valence-electron chi connectivity index (χ3n) is 2.13. The van der Waals surface area contributed by atoms with E-state index in [1.807, 2.05) is 0 Å². The Morgan fingerprint density at radius 1 is 1.08 bits per heavy atom. The molecular formula is C10H22OS. The summed E-state index contributed by atoms with van der Waals surface area (Å²) in [5.41, 5.74) is -0.0463. The zero-order valence-electron chi connectivity index (χ0n) is 8.60. The van der Waals surface area contributed by atoms with Gasteiger partial charge in [-0.05, 0) is 33.2 Å². The first-order valence-electron chi connectivity index (χ1n) is 4.95. The highest BCUT2D eigenvalue weighted by Crippen LogP contribution is 2.20. The minimum atomic E-state index is -0.0463. The molecule has 1 nitrogen and oxygen atoms in total. The third-order valence-corrected chi connectivity index (χ3v) is 2.62. The van der Waals surface area contributed by atoms with Gasteiger partial charge in [0.15, 0.2) is 0 Å². The Balaban J connectivity index is 3.19. The van der Waals surface area contributed by atoms with Crippen LogP contribution in [0.5, 0.6) is 0 Å². The number of rotatable bonds is 7. The molecule has 0 aliphatic rings. The van der Waals surface area contributed by atoms with Gasteiger partial charge in [-0.2, -0.15) is 0 Å². The van der Waals surface area contributed by atoms with Crippen molar-refractivity contribution in [3.63, 3.8) is 0 Å². The lowest BCUT2D eigenvalue weighted by molar-refractivity contribution is 0.129. The highest BCUT2D eigenvalue weighted by atomic mass is 32.1. The van der Waals surface area contributed by atoms with E-state index in [2.05, 4.69) is 33.7 Å². The topological polar surface area (TPSA) is 9.23 Å². The van der Waals surface area contributed by atoms with E-state index in [9.17, 15) is 0 Å². The summed E-state index contributed by atoms with van der Waals surface area (Å²) in [6.45, 7) is 6.40. The van der Waals surface area contributed by atoms with Crippen LogP contribution < -0.4 is 0 Å². The van der Waals surface area contributed by atoms with Crippen LogP contribution in [0.25, 0.3) is 0 Å². The molecule has 0 saturated heterocycles. The van der Waals surface area contributed by atoms with Gasteiger partial charge in [-0.3, -0.25) is 0 Å². The van der Waals surface area contributed by atoms with E-state index in [0.717, 1.165) is 6.42 Å². The lowest BCUT2D eigenvalue weighted by Gasteiger charge is -2.20. The molecule has 12 heavy (non-hydrogen) atoms. The van der Waals surface area contributed by atoms with Crippen LogP contribution in [-0.4, -0.2) is 5.60 Å². The molecular weight excluding hydrogens is 168 g/mol. The van der Waals surface area contributed by atoms with Crippen LogP contribution in [-0.2, 0) is 4.18 Å². The second-order valence-electron chi connectivity index (χ2n) is 4.02. The number of hydrogen-bond donors (Lipinski definition) is 1. The van der Waals surface area contributed by atoms with Gasteiger partial charge < -0.3 is 4.18 Å². The van der Waals surface area contributed by atoms with Crippen molar-refractivity contribution in [2.24, 2.45) is 0 Å². The van der Waals surface area contributed by atoms with Crippen molar-refractivity contribution in [1.29, 1.82) is 0 Å². The fourth-order valence-electron chi connectivity index (χ4n) is 1.20. The highest BCUT2D eigenvalue weighted by Gasteiger charge is 2.15. The maximum atomic E-state index is 5.04. The molecule has 0 radical (unpaired) electrons. The van der Waals surface area contributed by atoms with Gasteiger partial charge in [0.2, 0.25) is 0 Å². The SMILES string of the molecule is CCCCCCCC(C)(C)OS. The summed E-state index contributed by atoms with van der Waals surface area (Å²) in [5.74, 6) is 0. The minimum absolute atomic E-state index is 0.0463. The summed E-state index contributed by atoms with van der Waals surface area (Å²) in [6.07, 6.45) is 7.73. The first-order valence-corrected chi connectivity index (χ1v) is 5.31. The minimum Gasteiger partial charge on any atom is -0.313 e. The van der Waals surface area contributed by atoms with E-state index in [1.54, 1.807) is 0 Å². The molecule has 0 rings (SSSR count). The highest BCUT2D eigenvalue weighted by molar-refractivity contribution is 7.75. The Morgan fingerprint density at radius 2 is 1.67 bits per heavy atom. The van der Waals surface area contributed by atoms with E-state index in [1.165, 1.54) is 32.1 Å². The van der Waals surface area contributed by atoms with Gasteiger partial charge in [-0.15, -0.1) is 0 Å². The van der Waals surface area contributed by atoms with Gasteiger partial charge in [-0.1, -0.05) is 39.0 Å². The summed E-state index contributed by atoms with van der Waals surface area (Å²) in [5, 5.41) is 0. The first-order chi connectivity index (χ1) is 5.62. The number of hydrogen-bond acceptors (Lipinski definition) is 2. The molecule has 0 N–H and O–H groups in total. The lowest BCUT2D eigenvalue weighted by atomic mass is 10.0. The Bertz CT molecular complexity index is 102. The van der Waals surface area contributed by atoms with Crippen molar-refractivity contribution in [1.82, 2.24) is 0 Å². The largest absolute Gasteiger partial charge is 0.313 e. The van der Waals surface area contributed by atoms with Gasteiger partial charge in [-0.25, -0.2) is 0 Å². The van der Waals surface area contributed by atoms with Crippen molar-refractivity contribution in [3.8, 4) is 0 Å². The van der Waals surface area contributed by atoms with Gasteiger partial charge in [0.1, 0.15) is 0 Å². The van der Waals surface area contributed by atoms with Crippen molar-refractivity contribution in [2.45, 2.75) is 64.9 Å². The van der Waals surface area contributed by atoms with E-state index in [0.29, 0.717) is 0 Å². The summed E-state index contributed by atoms with van der Waals surface area (Å²) >= 11 is 3.84. The maximum absolute atomic E-state index is 5.04. The van der Waals surface area contributed by atoms with Crippen LogP contribution in [0.4, 0.5) is 0 Å². The average molecular weight is 190 g/mol. The van der Waals surface area contributed by atoms with Crippen molar-refractivity contribution in [3.05, 3.63) is 0 Å². The molecule has 0 saturated carbocycles. The molecule has 0 heterocycles. The molecule has 74 valence electrons. The van der Waals surface area contributed by atoms with E-state index < -0.39 is 0 Å². The van der Waals surface area contributed by atoms with Crippen molar-refractivity contribution < 1.29 is 4.18 Å². The summed E-state index contributed by atoms with van der Waals surface area (Å²) < 4.78 is 5.04. The predicted molar refractivity (Wildman–Crippen MR) is 57.5 cm³/mol. The second kappa shape index (κ2) is 6.79. The normalized spacial score (nSPS) is 12.0. The molecule has 0 aromatic heterocycles. The average Bonchev–Trinajstić information content (AvgIpc) is 2.04. The number of thiol groups is 1. The molecule has 0 aromatic rings. The van der Waals surface area contributed by atoms with Gasteiger partial charge in [0.25, 0.3) is 0 Å². The van der Waals surface area contributed by atoms with Crippen LogP contribution in [0.15, 0.2) is 0 Å². The fraction of sp³-hybridized carbons (Fsp3) is 1.00. The van der Waals surface area contributed by atoms with Gasteiger partial charge in [0.05, 0.1) is 5.60 Å². The summed E-state index contributed by atoms with van der Waals surface area (Å²) in [4.78, 5) is 0. The molecule has 0 bridgehead atoms. The van der Waals surface area contributed by atoms with Crippen LogP contribution >= 0.6 is 12.9 Å². The molecule has 0 atom stereocenters. The molecule has 2 heteroatoms. The smallest absolute Gasteiger partial charge is 0.0769 e. The Hall–Kier alpha value is 0.310. The quantitative estimate of drug-likeness (QED) is 0.363.